The summed E-state index contributed by atoms with van der Waals surface area (Å²) in [6.45, 7) is 7.78. The second kappa shape index (κ2) is 42.1. The first-order valence-corrected chi connectivity index (χ1v) is 22.2. The van der Waals surface area contributed by atoms with Gasteiger partial charge >= 0.3 is 11.9 Å². The molecule has 0 saturated heterocycles. The molecule has 0 fully saturated rings. The van der Waals surface area contributed by atoms with Crippen LogP contribution in [0.3, 0.4) is 0 Å². The Bertz CT molecular complexity index is 720. The second-order valence-electron chi connectivity index (χ2n) is 15.0. The molecule has 0 aromatic rings. The van der Waals surface area contributed by atoms with Crippen LogP contribution in [0.2, 0.25) is 0 Å². The van der Waals surface area contributed by atoms with Crippen LogP contribution in [0.25, 0.3) is 0 Å². The van der Waals surface area contributed by atoms with Gasteiger partial charge in [-0.05, 0) is 44.9 Å². The summed E-state index contributed by atoms with van der Waals surface area (Å²) < 4.78 is 17.2. The molecule has 0 N–H and O–H groups in total. The van der Waals surface area contributed by atoms with E-state index < -0.39 is 6.10 Å². The highest BCUT2D eigenvalue weighted by atomic mass is 16.6. The van der Waals surface area contributed by atoms with Crippen LogP contribution in [-0.2, 0) is 23.8 Å². The van der Waals surface area contributed by atoms with E-state index in [0.717, 1.165) is 32.1 Å². The highest BCUT2D eigenvalue weighted by Crippen LogP contribution is 2.14. The number of ether oxygens (including phenoxy) is 3. The molecule has 0 radical (unpaired) electrons. The summed E-state index contributed by atoms with van der Waals surface area (Å²) in [6.07, 6.45) is 45.2. The normalized spacial score (nSPS) is 12.1. The molecule has 0 heterocycles. The van der Waals surface area contributed by atoms with E-state index in [1.54, 1.807) is 0 Å². The Hall–Kier alpha value is -1.36. The van der Waals surface area contributed by atoms with Crippen LogP contribution in [0.15, 0.2) is 12.2 Å². The summed E-state index contributed by atoms with van der Waals surface area (Å²) in [7, 11) is 0. The molecule has 0 aliphatic rings. The fraction of sp³-hybridized carbons (Fsp3) is 0.911. The van der Waals surface area contributed by atoms with Crippen molar-refractivity contribution in [3.05, 3.63) is 12.2 Å². The zero-order valence-corrected chi connectivity index (χ0v) is 33.9. The van der Waals surface area contributed by atoms with E-state index in [0.29, 0.717) is 26.1 Å². The molecule has 50 heavy (non-hydrogen) atoms. The molecule has 5 heteroatoms. The van der Waals surface area contributed by atoms with E-state index >= 15 is 0 Å². The number of unbranched alkanes of at least 4 members (excludes halogenated alkanes) is 28. The summed E-state index contributed by atoms with van der Waals surface area (Å²) in [5.74, 6) is -0.399. The van der Waals surface area contributed by atoms with Crippen molar-refractivity contribution in [2.24, 2.45) is 0 Å². The van der Waals surface area contributed by atoms with E-state index in [-0.39, 0.29) is 18.5 Å². The molecule has 1 atom stereocenters. The van der Waals surface area contributed by atoms with Crippen molar-refractivity contribution in [1.29, 1.82) is 0 Å². The molecule has 0 spiro atoms. The summed E-state index contributed by atoms with van der Waals surface area (Å²) in [5, 5.41) is 0. The van der Waals surface area contributed by atoms with Gasteiger partial charge < -0.3 is 14.2 Å². The molecule has 0 aliphatic heterocycles. The second-order valence-corrected chi connectivity index (χ2v) is 15.0. The standard InChI is InChI=1S/C45H86O5/c1-4-7-10-13-16-17-18-19-20-21-22-23-24-25-26-27-28-31-34-37-40-48-41-43(50-45(47)39-36-33-30-15-12-9-6-3)42-49-44(46)38-35-32-29-14-11-8-5-2/h19-20,43H,4-18,21-42H2,1-3H3/b20-19-. The summed E-state index contributed by atoms with van der Waals surface area (Å²) in [6, 6.07) is 0. The van der Waals surface area contributed by atoms with E-state index in [9.17, 15) is 9.59 Å². The van der Waals surface area contributed by atoms with Crippen LogP contribution in [0.1, 0.15) is 239 Å². The molecular weight excluding hydrogens is 620 g/mol. The van der Waals surface area contributed by atoms with Crippen LogP contribution in [0.5, 0.6) is 0 Å². The maximum Gasteiger partial charge on any atom is 0.306 e. The van der Waals surface area contributed by atoms with Gasteiger partial charge in [0.25, 0.3) is 0 Å². The zero-order chi connectivity index (χ0) is 36.4. The average Bonchev–Trinajstić information content (AvgIpc) is 3.11. The summed E-state index contributed by atoms with van der Waals surface area (Å²) in [5.41, 5.74) is 0. The molecule has 296 valence electrons. The number of carbonyl (C=O) groups is 2. The van der Waals surface area contributed by atoms with Crippen molar-refractivity contribution >= 4 is 11.9 Å². The number of rotatable bonds is 41. The van der Waals surface area contributed by atoms with Crippen molar-refractivity contribution in [3.63, 3.8) is 0 Å². The van der Waals surface area contributed by atoms with Crippen molar-refractivity contribution < 1.29 is 23.8 Å². The van der Waals surface area contributed by atoms with Gasteiger partial charge in [0.05, 0.1) is 6.61 Å². The molecule has 0 saturated carbocycles. The van der Waals surface area contributed by atoms with Gasteiger partial charge in [0.2, 0.25) is 0 Å². The van der Waals surface area contributed by atoms with Gasteiger partial charge in [-0.15, -0.1) is 0 Å². The van der Waals surface area contributed by atoms with Crippen molar-refractivity contribution in [2.45, 2.75) is 245 Å². The Kier molecular flexibility index (Phi) is 40.9. The molecule has 0 aliphatic carbocycles. The van der Waals surface area contributed by atoms with Crippen molar-refractivity contribution in [3.8, 4) is 0 Å². The predicted octanol–water partition coefficient (Wildman–Crippen LogP) is 14.3. The molecule has 0 rings (SSSR count). The molecular formula is C45H86O5. The van der Waals surface area contributed by atoms with E-state index in [1.807, 2.05) is 0 Å². The minimum absolute atomic E-state index is 0.0913. The highest BCUT2D eigenvalue weighted by molar-refractivity contribution is 5.70. The number of allylic oxidation sites excluding steroid dienone is 2. The highest BCUT2D eigenvalue weighted by Gasteiger charge is 2.17. The van der Waals surface area contributed by atoms with E-state index in [2.05, 4.69) is 32.9 Å². The zero-order valence-electron chi connectivity index (χ0n) is 33.9. The monoisotopic (exact) mass is 707 g/mol. The Morgan fingerprint density at radius 1 is 0.420 bits per heavy atom. The van der Waals surface area contributed by atoms with Crippen LogP contribution in [0.4, 0.5) is 0 Å². The lowest BCUT2D eigenvalue weighted by molar-refractivity contribution is -0.163. The first-order valence-electron chi connectivity index (χ1n) is 22.2. The lowest BCUT2D eigenvalue weighted by atomic mass is 10.1. The van der Waals surface area contributed by atoms with E-state index in [4.69, 9.17) is 14.2 Å². The van der Waals surface area contributed by atoms with Crippen LogP contribution in [-0.4, -0.2) is 37.9 Å². The van der Waals surface area contributed by atoms with Crippen molar-refractivity contribution in [1.82, 2.24) is 0 Å². The van der Waals surface area contributed by atoms with Gasteiger partial charge in [-0.1, -0.05) is 193 Å². The number of esters is 2. The van der Waals surface area contributed by atoms with Gasteiger partial charge in [-0.25, -0.2) is 0 Å². The fourth-order valence-corrected chi connectivity index (χ4v) is 6.45. The minimum Gasteiger partial charge on any atom is -0.462 e. The van der Waals surface area contributed by atoms with Gasteiger partial charge in [-0.3, -0.25) is 9.59 Å². The van der Waals surface area contributed by atoms with Crippen LogP contribution in [0, 0.1) is 0 Å². The Labute approximate surface area is 312 Å². The SMILES string of the molecule is CCCCCCCC/C=C\CCCCCCCCCCCCOCC(COC(=O)CCCCCCCCC)OC(=O)CCCCCCCCC. The topological polar surface area (TPSA) is 61.8 Å². The number of carbonyl (C=O) groups excluding carboxylic acids is 2. The van der Waals surface area contributed by atoms with Crippen LogP contribution < -0.4 is 0 Å². The third-order valence-electron chi connectivity index (χ3n) is 9.80. The first-order chi connectivity index (χ1) is 24.6. The molecule has 0 amide bonds. The Balaban J connectivity index is 3.98. The fourth-order valence-electron chi connectivity index (χ4n) is 6.45. The van der Waals surface area contributed by atoms with E-state index in [1.165, 1.54) is 173 Å². The minimum atomic E-state index is -0.522. The largest absolute Gasteiger partial charge is 0.462 e. The van der Waals surface area contributed by atoms with Gasteiger partial charge in [0.1, 0.15) is 6.61 Å². The number of hydrogen-bond acceptors (Lipinski definition) is 5. The third-order valence-corrected chi connectivity index (χ3v) is 9.80. The molecule has 0 bridgehead atoms. The quantitative estimate of drug-likeness (QED) is 0.0360. The summed E-state index contributed by atoms with van der Waals surface area (Å²) >= 11 is 0. The molecule has 0 aromatic carbocycles. The molecule has 0 aromatic heterocycles. The third kappa shape index (κ3) is 39.4. The Morgan fingerprint density at radius 2 is 0.780 bits per heavy atom. The smallest absolute Gasteiger partial charge is 0.306 e. The molecule has 1 unspecified atom stereocenters. The van der Waals surface area contributed by atoms with Crippen LogP contribution >= 0.6 is 0 Å². The van der Waals surface area contributed by atoms with Gasteiger partial charge in [-0.2, -0.15) is 0 Å². The lowest BCUT2D eigenvalue weighted by Gasteiger charge is -2.18. The predicted molar refractivity (Wildman–Crippen MR) is 215 cm³/mol. The average molecular weight is 707 g/mol. The number of hydrogen-bond donors (Lipinski definition) is 0. The Morgan fingerprint density at radius 3 is 1.22 bits per heavy atom. The maximum atomic E-state index is 12.6. The maximum absolute atomic E-state index is 12.6. The van der Waals surface area contributed by atoms with Crippen molar-refractivity contribution in [2.75, 3.05) is 19.8 Å². The first kappa shape index (κ1) is 48.6. The van der Waals surface area contributed by atoms with Gasteiger partial charge in [0.15, 0.2) is 6.10 Å². The summed E-state index contributed by atoms with van der Waals surface area (Å²) in [4.78, 5) is 24.9. The lowest BCUT2D eigenvalue weighted by Crippen LogP contribution is -2.30. The van der Waals surface area contributed by atoms with Gasteiger partial charge in [0, 0.05) is 19.4 Å². The molecule has 5 nitrogen and oxygen atoms in total.